The van der Waals surface area contributed by atoms with Crippen molar-refractivity contribution < 1.29 is 19.4 Å². The molecule has 0 bridgehead atoms. The number of carbonyl (C=O) groups excluding carboxylic acids is 2. The van der Waals surface area contributed by atoms with Gasteiger partial charge in [-0.3, -0.25) is 9.59 Å². The largest absolute Gasteiger partial charge is 0.507 e. The zero-order valence-corrected chi connectivity index (χ0v) is 10.5. The fourth-order valence-corrected chi connectivity index (χ4v) is 1.58. The number of phenols is 1. The van der Waals surface area contributed by atoms with Crippen LogP contribution in [0, 0.1) is 0 Å². The lowest BCUT2D eigenvalue weighted by Gasteiger charge is -2.11. The summed E-state index contributed by atoms with van der Waals surface area (Å²) in [5, 5.41) is 9.49. The molecular weight excluding hydrogens is 234 g/mol. The molecule has 0 aliphatic heterocycles. The predicted octanol–water partition coefficient (Wildman–Crippen LogP) is 1.03. The summed E-state index contributed by atoms with van der Waals surface area (Å²) in [6, 6.07) is 3.82. The van der Waals surface area contributed by atoms with Crippen molar-refractivity contribution >= 4 is 11.8 Å². The normalized spacial score (nSPS) is 11.9. The summed E-state index contributed by atoms with van der Waals surface area (Å²) < 4.78 is 4.80. The van der Waals surface area contributed by atoms with E-state index in [1.807, 2.05) is 0 Å². The van der Waals surface area contributed by atoms with Crippen LogP contribution in [0.1, 0.15) is 29.8 Å². The smallest absolute Gasteiger partial charge is 0.323 e. The fourth-order valence-electron chi connectivity index (χ4n) is 1.58. The van der Waals surface area contributed by atoms with Gasteiger partial charge in [0.05, 0.1) is 12.2 Å². The van der Waals surface area contributed by atoms with Crippen molar-refractivity contribution in [2.45, 2.75) is 26.3 Å². The van der Waals surface area contributed by atoms with Gasteiger partial charge in [0, 0.05) is 0 Å². The Morgan fingerprint density at radius 2 is 2.11 bits per heavy atom. The SMILES string of the molecule is CCOC(=O)C(N)Cc1ccc(O)c(C(C)=O)c1. The van der Waals surface area contributed by atoms with E-state index in [1.54, 1.807) is 13.0 Å². The average Bonchev–Trinajstić information content (AvgIpc) is 2.31. The molecule has 1 unspecified atom stereocenters. The highest BCUT2D eigenvalue weighted by atomic mass is 16.5. The van der Waals surface area contributed by atoms with E-state index in [4.69, 9.17) is 10.5 Å². The third-order valence-corrected chi connectivity index (χ3v) is 2.49. The molecule has 0 aliphatic carbocycles. The molecule has 3 N–H and O–H groups in total. The van der Waals surface area contributed by atoms with E-state index in [0.717, 1.165) is 0 Å². The van der Waals surface area contributed by atoms with Crippen molar-refractivity contribution in [3.05, 3.63) is 29.3 Å². The Morgan fingerprint density at radius 3 is 2.67 bits per heavy atom. The van der Waals surface area contributed by atoms with Crippen LogP contribution in [0.25, 0.3) is 0 Å². The minimum absolute atomic E-state index is 0.0732. The van der Waals surface area contributed by atoms with E-state index in [9.17, 15) is 14.7 Å². The third-order valence-electron chi connectivity index (χ3n) is 2.49. The van der Waals surface area contributed by atoms with Crippen molar-refractivity contribution in [3.63, 3.8) is 0 Å². The first-order valence-electron chi connectivity index (χ1n) is 5.70. The number of nitrogens with two attached hydrogens (primary N) is 1. The second-order valence-electron chi connectivity index (χ2n) is 3.97. The first-order chi connectivity index (χ1) is 8.45. The molecule has 0 saturated carbocycles. The minimum atomic E-state index is -0.769. The number of phenolic OH excluding ortho intramolecular Hbond substituents is 1. The molecule has 1 rings (SSSR count). The number of benzene rings is 1. The van der Waals surface area contributed by atoms with Gasteiger partial charge in [-0.2, -0.15) is 0 Å². The maximum atomic E-state index is 11.4. The van der Waals surface area contributed by atoms with E-state index < -0.39 is 12.0 Å². The molecule has 18 heavy (non-hydrogen) atoms. The lowest BCUT2D eigenvalue weighted by Crippen LogP contribution is -2.34. The Kier molecular flexibility index (Phi) is 4.85. The van der Waals surface area contributed by atoms with Crippen LogP contribution in [0.5, 0.6) is 5.75 Å². The number of aromatic hydroxyl groups is 1. The standard InChI is InChI=1S/C13H17NO4/c1-3-18-13(17)11(14)7-9-4-5-12(16)10(6-9)8(2)15/h4-6,11,16H,3,7,14H2,1-2H3. The van der Waals surface area contributed by atoms with Crippen LogP contribution in [0.4, 0.5) is 0 Å². The zero-order valence-electron chi connectivity index (χ0n) is 10.5. The van der Waals surface area contributed by atoms with Crippen molar-refractivity contribution in [2.24, 2.45) is 5.73 Å². The van der Waals surface area contributed by atoms with Crippen LogP contribution in [0.3, 0.4) is 0 Å². The Balaban J connectivity index is 2.82. The van der Waals surface area contributed by atoms with E-state index in [1.165, 1.54) is 19.1 Å². The molecule has 1 aromatic carbocycles. The monoisotopic (exact) mass is 251 g/mol. The lowest BCUT2D eigenvalue weighted by molar-refractivity contribution is -0.144. The van der Waals surface area contributed by atoms with Crippen LogP contribution < -0.4 is 5.73 Å². The molecule has 0 aromatic heterocycles. The highest BCUT2D eigenvalue weighted by Gasteiger charge is 2.16. The van der Waals surface area contributed by atoms with Crippen LogP contribution in [-0.2, 0) is 16.0 Å². The summed E-state index contributed by atoms with van der Waals surface area (Å²) in [4.78, 5) is 22.6. The Labute approximate surface area is 106 Å². The number of esters is 1. The maximum absolute atomic E-state index is 11.4. The van der Waals surface area contributed by atoms with Crippen molar-refractivity contribution in [3.8, 4) is 5.75 Å². The van der Waals surface area contributed by atoms with E-state index >= 15 is 0 Å². The number of hydrogen-bond donors (Lipinski definition) is 2. The van der Waals surface area contributed by atoms with Crippen LogP contribution in [-0.4, -0.2) is 29.5 Å². The van der Waals surface area contributed by atoms with Gasteiger partial charge in [-0.25, -0.2) is 0 Å². The van der Waals surface area contributed by atoms with Gasteiger partial charge >= 0.3 is 5.97 Å². The molecule has 5 nitrogen and oxygen atoms in total. The predicted molar refractivity (Wildman–Crippen MR) is 66.4 cm³/mol. The number of hydrogen-bond acceptors (Lipinski definition) is 5. The molecule has 98 valence electrons. The average molecular weight is 251 g/mol. The van der Waals surface area contributed by atoms with Gasteiger partial charge in [-0.05, 0) is 38.0 Å². The molecular formula is C13H17NO4. The molecule has 0 spiro atoms. The van der Waals surface area contributed by atoms with Crippen LogP contribution in [0.2, 0.25) is 0 Å². The summed E-state index contributed by atoms with van der Waals surface area (Å²) in [6.45, 7) is 3.35. The van der Waals surface area contributed by atoms with E-state index in [-0.39, 0.29) is 30.1 Å². The minimum Gasteiger partial charge on any atom is -0.507 e. The molecule has 0 heterocycles. The number of ketones is 1. The fraction of sp³-hybridized carbons (Fsp3) is 0.385. The van der Waals surface area contributed by atoms with Gasteiger partial charge in [-0.1, -0.05) is 6.07 Å². The van der Waals surface area contributed by atoms with Gasteiger partial charge in [0.25, 0.3) is 0 Å². The van der Waals surface area contributed by atoms with E-state index in [2.05, 4.69) is 0 Å². The summed E-state index contributed by atoms with van der Waals surface area (Å²) in [6.07, 6.45) is 0.263. The summed E-state index contributed by atoms with van der Waals surface area (Å²) >= 11 is 0. The number of Topliss-reactive ketones (excluding diaryl/α,β-unsaturated/α-hetero) is 1. The molecule has 1 atom stereocenters. The highest BCUT2D eigenvalue weighted by Crippen LogP contribution is 2.19. The number of rotatable bonds is 5. The lowest BCUT2D eigenvalue weighted by atomic mass is 10.0. The van der Waals surface area contributed by atoms with Gasteiger partial charge in [0.15, 0.2) is 5.78 Å². The molecule has 5 heteroatoms. The Hall–Kier alpha value is -1.88. The first kappa shape index (κ1) is 14.2. The van der Waals surface area contributed by atoms with Gasteiger partial charge in [-0.15, -0.1) is 0 Å². The van der Waals surface area contributed by atoms with Crippen LogP contribution in [0.15, 0.2) is 18.2 Å². The molecule has 0 aliphatic rings. The van der Waals surface area contributed by atoms with Gasteiger partial charge < -0.3 is 15.6 Å². The third kappa shape index (κ3) is 3.56. The first-order valence-corrected chi connectivity index (χ1v) is 5.70. The van der Waals surface area contributed by atoms with E-state index in [0.29, 0.717) is 5.56 Å². The number of ether oxygens (including phenoxy) is 1. The van der Waals surface area contributed by atoms with Crippen molar-refractivity contribution in [1.29, 1.82) is 0 Å². The van der Waals surface area contributed by atoms with Crippen molar-refractivity contribution in [2.75, 3.05) is 6.61 Å². The topological polar surface area (TPSA) is 89.6 Å². The zero-order chi connectivity index (χ0) is 13.7. The Morgan fingerprint density at radius 1 is 1.44 bits per heavy atom. The molecule has 0 fully saturated rings. The van der Waals surface area contributed by atoms with Gasteiger partial charge in [0.2, 0.25) is 0 Å². The van der Waals surface area contributed by atoms with Crippen molar-refractivity contribution in [1.82, 2.24) is 0 Å². The Bertz CT molecular complexity index is 456. The molecule has 0 amide bonds. The summed E-state index contributed by atoms with van der Waals surface area (Å²) in [5.41, 5.74) is 6.61. The highest BCUT2D eigenvalue weighted by molar-refractivity contribution is 5.96. The second kappa shape index (κ2) is 6.16. The van der Waals surface area contributed by atoms with Crippen LogP contribution >= 0.6 is 0 Å². The number of carbonyl (C=O) groups is 2. The molecule has 0 saturated heterocycles. The molecule has 0 radical (unpaired) electrons. The second-order valence-corrected chi connectivity index (χ2v) is 3.97. The van der Waals surface area contributed by atoms with Gasteiger partial charge in [0.1, 0.15) is 11.8 Å². The molecule has 1 aromatic rings. The summed E-state index contributed by atoms with van der Waals surface area (Å²) in [7, 11) is 0. The quantitative estimate of drug-likeness (QED) is 0.602. The summed E-state index contributed by atoms with van der Waals surface area (Å²) in [5.74, 6) is -0.787. The maximum Gasteiger partial charge on any atom is 0.323 e.